The van der Waals surface area contributed by atoms with Crippen LogP contribution in [0.4, 0.5) is 0 Å². The molecule has 1 aromatic carbocycles. The van der Waals surface area contributed by atoms with Crippen LogP contribution in [-0.4, -0.2) is 50.2 Å². The van der Waals surface area contributed by atoms with E-state index in [1.807, 2.05) is 0 Å². The first kappa shape index (κ1) is 21.8. The summed E-state index contributed by atoms with van der Waals surface area (Å²) in [4.78, 5) is 15.0. The van der Waals surface area contributed by atoms with Crippen molar-refractivity contribution in [3.63, 3.8) is 0 Å². The quantitative estimate of drug-likeness (QED) is 0.678. The Morgan fingerprint density at radius 3 is 2.67 bits per heavy atom. The van der Waals surface area contributed by atoms with Crippen LogP contribution in [-0.2, 0) is 0 Å². The summed E-state index contributed by atoms with van der Waals surface area (Å²) in [5, 5.41) is 3.43. The Labute approximate surface area is 168 Å². The van der Waals surface area contributed by atoms with Crippen LogP contribution < -0.4 is 14.8 Å². The maximum absolute atomic E-state index is 12.6. The van der Waals surface area contributed by atoms with Crippen LogP contribution in [0.2, 0.25) is 5.02 Å². The first-order valence-corrected chi connectivity index (χ1v) is 10.2. The molecule has 1 saturated heterocycles. The van der Waals surface area contributed by atoms with E-state index in [4.69, 9.17) is 21.1 Å². The first-order valence-electron chi connectivity index (χ1n) is 9.84. The molecule has 1 fully saturated rings. The highest BCUT2D eigenvalue weighted by Crippen LogP contribution is 2.36. The van der Waals surface area contributed by atoms with Gasteiger partial charge in [0, 0.05) is 24.7 Å². The fourth-order valence-electron chi connectivity index (χ4n) is 3.23. The van der Waals surface area contributed by atoms with E-state index in [0.717, 1.165) is 25.9 Å². The van der Waals surface area contributed by atoms with Gasteiger partial charge in [-0.25, -0.2) is 0 Å². The Kier molecular flexibility index (Phi) is 8.24. The highest BCUT2D eigenvalue weighted by atomic mass is 35.5. The normalized spacial score (nSPS) is 17.6. The van der Waals surface area contributed by atoms with Gasteiger partial charge in [0.05, 0.1) is 18.7 Å². The smallest absolute Gasteiger partial charge is 0.251 e. The Morgan fingerprint density at radius 1 is 1.33 bits per heavy atom. The van der Waals surface area contributed by atoms with Crippen LogP contribution in [0.5, 0.6) is 11.5 Å². The molecule has 1 heterocycles. The fraction of sp³-hybridized carbons (Fsp3) is 0.667. The topological polar surface area (TPSA) is 50.8 Å². The molecule has 0 aromatic heterocycles. The lowest BCUT2D eigenvalue weighted by molar-refractivity contribution is 0.0946. The van der Waals surface area contributed by atoms with Crippen molar-refractivity contribution in [2.24, 2.45) is 11.8 Å². The monoisotopic (exact) mass is 396 g/mol. The molecule has 152 valence electrons. The van der Waals surface area contributed by atoms with Gasteiger partial charge in [-0.2, -0.15) is 0 Å². The molecule has 0 bridgehead atoms. The van der Waals surface area contributed by atoms with Gasteiger partial charge >= 0.3 is 0 Å². The third-order valence-corrected chi connectivity index (χ3v) is 5.31. The Morgan fingerprint density at radius 2 is 2.07 bits per heavy atom. The molecule has 1 aromatic rings. The molecule has 6 heteroatoms. The second kappa shape index (κ2) is 10.2. The summed E-state index contributed by atoms with van der Waals surface area (Å²) >= 11 is 6.36. The van der Waals surface area contributed by atoms with Crippen molar-refractivity contribution in [2.75, 3.05) is 33.4 Å². The predicted molar refractivity (Wildman–Crippen MR) is 110 cm³/mol. The van der Waals surface area contributed by atoms with Crippen molar-refractivity contribution in [1.82, 2.24) is 10.2 Å². The number of hydrogen-bond donors (Lipinski definition) is 1. The number of likely N-dealkylation sites (tertiary alicyclic amines) is 1. The van der Waals surface area contributed by atoms with Gasteiger partial charge in [0.1, 0.15) is 0 Å². The molecule has 0 radical (unpaired) electrons. The standard InChI is InChI=1S/C21H33ClN2O3/c1-14(2)7-9-27-20-18(22)10-17(11-19(20)26-5)21(25)23-12-16-6-8-24(13-16)15(3)4/h10-11,14-16H,6-9,12-13H2,1-5H3,(H,23,25). The highest BCUT2D eigenvalue weighted by molar-refractivity contribution is 6.32. The van der Waals surface area contributed by atoms with Crippen molar-refractivity contribution in [2.45, 2.75) is 46.6 Å². The van der Waals surface area contributed by atoms with Crippen molar-refractivity contribution in [1.29, 1.82) is 0 Å². The molecule has 0 aliphatic carbocycles. The maximum Gasteiger partial charge on any atom is 0.251 e. The highest BCUT2D eigenvalue weighted by Gasteiger charge is 2.25. The Hall–Kier alpha value is -1.46. The van der Waals surface area contributed by atoms with Crippen molar-refractivity contribution in [3.8, 4) is 11.5 Å². The minimum Gasteiger partial charge on any atom is -0.493 e. The molecule has 1 aliphatic heterocycles. The summed E-state index contributed by atoms with van der Waals surface area (Å²) in [6.07, 6.45) is 2.04. The van der Waals surface area contributed by atoms with E-state index in [9.17, 15) is 4.79 Å². The minimum atomic E-state index is -0.132. The lowest BCUT2D eigenvalue weighted by atomic mass is 10.1. The number of carbonyl (C=O) groups is 1. The van der Waals surface area contributed by atoms with Gasteiger partial charge in [0.25, 0.3) is 5.91 Å². The molecule has 1 atom stereocenters. The number of rotatable bonds is 9. The zero-order chi connectivity index (χ0) is 20.0. The number of amides is 1. The third-order valence-electron chi connectivity index (χ3n) is 5.03. The maximum atomic E-state index is 12.6. The summed E-state index contributed by atoms with van der Waals surface area (Å²) < 4.78 is 11.2. The van der Waals surface area contributed by atoms with Crippen molar-refractivity contribution >= 4 is 17.5 Å². The summed E-state index contributed by atoms with van der Waals surface area (Å²) in [6.45, 7) is 12.1. The van der Waals surface area contributed by atoms with Crippen LogP contribution in [0, 0.1) is 11.8 Å². The number of methoxy groups -OCH3 is 1. The van der Waals surface area contributed by atoms with Crippen LogP contribution in [0.25, 0.3) is 0 Å². The van der Waals surface area contributed by atoms with E-state index < -0.39 is 0 Å². The largest absolute Gasteiger partial charge is 0.493 e. The molecule has 0 spiro atoms. The molecule has 27 heavy (non-hydrogen) atoms. The van der Waals surface area contributed by atoms with Crippen molar-refractivity contribution < 1.29 is 14.3 Å². The lowest BCUT2D eigenvalue weighted by Gasteiger charge is -2.20. The first-order chi connectivity index (χ1) is 12.8. The molecule has 1 amide bonds. The average molecular weight is 397 g/mol. The number of halogens is 1. The van der Waals surface area contributed by atoms with Gasteiger partial charge in [-0.1, -0.05) is 25.4 Å². The van der Waals surface area contributed by atoms with Gasteiger partial charge in [-0.15, -0.1) is 0 Å². The van der Waals surface area contributed by atoms with E-state index in [2.05, 4.69) is 37.9 Å². The summed E-state index contributed by atoms with van der Waals surface area (Å²) in [6, 6.07) is 3.90. The van der Waals surface area contributed by atoms with E-state index in [-0.39, 0.29) is 5.91 Å². The summed E-state index contributed by atoms with van der Waals surface area (Å²) in [5.41, 5.74) is 0.492. The van der Waals surface area contributed by atoms with Crippen molar-refractivity contribution in [3.05, 3.63) is 22.7 Å². The molecule has 0 saturated carbocycles. The molecule has 1 unspecified atom stereocenters. The second-order valence-corrected chi connectivity index (χ2v) is 8.38. The molecule has 1 N–H and O–H groups in total. The molecule has 2 rings (SSSR count). The van der Waals surface area contributed by atoms with E-state index in [1.165, 1.54) is 0 Å². The van der Waals surface area contributed by atoms with Gasteiger partial charge in [-0.3, -0.25) is 4.79 Å². The lowest BCUT2D eigenvalue weighted by Crippen LogP contribution is -2.33. The molecule has 5 nitrogen and oxygen atoms in total. The summed E-state index contributed by atoms with van der Waals surface area (Å²) in [5.74, 6) is 1.89. The Balaban J connectivity index is 1.97. The number of carbonyl (C=O) groups excluding carboxylic acids is 1. The number of hydrogen-bond acceptors (Lipinski definition) is 4. The van der Waals surface area contributed by atoms with Gasteiger partial charge in [-0.05, 0) is 57.2 Å². The predicted octanol–water partition coefficient (Wildman–Crippen LogP) is 4.23. The SMILES string of the molecule is COc1cc(C(=O)NCC2CCN(C(C)C)C2)cc(Cl)c1OCCC(C)C. The number of benzene rings is 1. The zero-order valence-corrected chi connectivity index (χ0v) is 17.9. The van der Waals surface area contributed by atoms with Gasteiger partial charge in [0.2, 0.25) is 0 Å². The molecule has 1 aliphatic rings. The van der Waals surface area contributed by atoms with Crippen LogP contribution in [0.3, 0.4) is 0 Å². The Bertz CT molecular complexity index is 634. The van der Waals surface area contributed by atoms with E-state index in [0.29, 0.717) is 53.1 Å². The van der Waals surface area contributed by atoms with Crippen LogP contribution in [0.15, 0.2) is 12.1 Å². The summed E-state index contributed by atoms with van der Waals surface area (Å²) in [7, 11) is 1.56. The van der Waals surface area contributed by atoms with Gasteiger partial charge in [0.15, 0.2) is 11.5 Å². The second-order valence-electron chi connectivity index (χ2n) is 7.97. The number of nitrogens with zero attached hydrogens (tertiary/aromatic N) is 1. The number of nitrogens with one attached hydrogen (secondary N) is 1. The average Bonchev–Trinajstić information content (AvgIpc) is 3.09. The third kappa shape index (κ3) is 6.28. The zero-order valence-electron chi connectivity index (χ0n) is 17.2. The van der Waals surface area contributed by atoms with Gasteiger partial charge < -0.3 is 19.7 Å². The van der Waals surface area contributed by atoms with E-state index >= 15 is 0 Å². The number of ether oxygens (including phenoxy) is 2. The minimum absolute atomic E-state index is 0.132. The van der Waals surface area contributed by atoms with Crippen LogP contribution >= 0.6 is 11.6 Å². The van der Waals surface area contributed by atoms with Crippen LogP contribution in [0.1, 0.15) is 50.9 Å². The molecular weight excluding hydrogens is 364 g/mol. The molecular formula is C21H33ClN2O3. The van der Waals surface area contributed by atoms with E-state index in [1.54, 1.807) is 19.2 Å². The fourth-order valence-corrected chi connectivity index (χ4v) is 3.49.